The van der Waals surface area contributed by atoms with Crippen molar-refractivity contribution in [2.45, 2.75) is 11.8 Å². The zero-order valence-electron chi connectivity index (χ0n) is 9.23. The third kappa shape index (κ3) is 1.18. The number of fused-ring (bicyclic) bond motifs is 2. The lowest BCUT2D eigenvalue weighted by Crippen LogP contribution is -2.23. The minimum Gasteiger partial charge on any atom is -0.402 e. The van der Waals surface area contributed by atoms with E-state index < -0.39 is 5.41 Å². The largest absolute Gasteiger partial charge is 0.402 e. The molecule has 1 spiro atoms. The first kappa shape index (κ1) is 10.1. The monoisotopic (exact) mass is 227 g/mol. The van der Waals surface area contributed by atoms with E-state index in [9.17, 15) is 4.79 Å². The van der Waals surface area contributed by atoms with E-state index in [1.54, 1.807) is 6.08 Å². The lowest BCUT2D eigenvalue weighted by Gasteiger charge is -2.08. The van der Waals surface area contributed by atoms with Crippen LogP contribution in [0.5, 0.6) is 0 Å². The van der Waals surface area contributed by atoms with Crippen molar-refractivity contribution < 1.29 is 4.79 Å². The van der Waals surface area contributed by atoms with Crippen LogP contribution in [0.3, 0.4) is 0 Å². The molecule has 4 N–H and O–H groups in total. The van der Waals surface area contributed by atoms with E-state index >= 15 is 0 Å². The van der Waals surface area contributed by atoms with Crippen LogP contribution in [0.2, 0.25) is 0 Å². The van der Waals surface area contributed by atoms with Crippen LogP contribution in [-0.4, -0.2) is 12.1 Å². The molecular weight excluding hydrogens is 214 g/mol. The van der Waals surface area contributed by atoms with Gasteiger partial charge in [0, 0.05) is 23.5 Å². The molecule has 0 radical (unpaired) electrons. The predicted molar refractivity (Wildman–Crippen MR) is 65.9 cm³/mol. The van der Waals surface area contributed by atoms with Crippen molar-refractivity contribution in [1.82, 2.24) is 0 Å². The summed E-state index contributed by atoms with van der Waals surface area (Å²) in [6.07, 6.45) is 3.47. The highest BCUT2D eigenvalue weighted by atomic mass is 16.2. The van der Waals surface area contributed by atoms with Crippen molar-refractivity contribution in [2.24, 2.45) is 11.7 Å². The number of benzene rings is 1. The average Bonchev–Trinajstić information content (AvgIpc) is 3.00. The number of carbonyl (C=O) groups is 1. The van der Waals surface area contributed by atoms with Gasteiger partial charge in [-0.05, 0) is 24.1 Å². The number of carbonyl (C=O) groups excluding carboxylic acids is 1. The summed E-state index contributed by atoms with van der Waals surface area (Å²) in [6, 6.07) is 7.73. The average molecular weight is 227 g/mol. The molecule has 0 bridgehead atoms. The number of nitrogens with two attached hydrogens (primary N) is 1. The van der Waals surface area contributed by atoms with Gasteiger partial charge in [-0.3, -0.25) is 4.79 Å². The van der Waals surface area contributed by atoms with Gasteiger partial charge < -0.3 is 16.5 Å². The zero-order chi connectivity index (χ0) is 12.0. The maximum Gasteiger partial charge on any atom is 0.235 e. The van der Waals surface area contributed by atoms with Gasteiger partial charge in [-0.1, -0.05) is 18.2 Å². The quantitative estimate of drug-likeness (QED) is 0.667. The molecule has 1 fully saturated rings. The molecule has 1 saturated carbocycles. The summed E-state index contributed by atoms with van der Waals surface area (Å²) in [5.41, 5.74) is 7.97. The molecule has 2 aliphatic rings. The zero-order valence-corrected chi connectivity index (χ0v) is 9.23. The van der Waals surface area contributed by atoms with Crippen LogP contribution in [0.25, 0.3) is 0 Å². The molecule has 86 valence electrons. The van der Waals surface area contributed by atoms with Gasteiger partial charge in [0.1, 0.15) is 0 Å². The van der Waals surface area contributed by atoms with E-state index in [-0.39, 0.29) is 11.8 Å². The van der Waals surface area contributed by atoms with Gasteiger partial charge in [0.05, 0.1) is 5.41 Å². The third-order valence-corrected chi connectivity index (χ3v) is 3.70. The molecule has 0 aromatic heterocycles. The Morgan fingerprint density at radius 2 is 2.29 bits per heavy atom. The summed E-state index contributed by atoms with van der Waals surface area (Å²) < 4.78 is 0. The van der Waals surface area contributed by atoms with Gasteiger partial charge in [-0.2, -0.15) is 0 Å². The number of hydrogen-bond acceptors (Lipinski definition) is 3. The maximum absolute atomic E-state index is 12.1. The predicted octanol–water partition coefficient (Wildman–Crippen LogP) is 1.39. The standard InChI is InChI=1S/C13H13N3O/c14-6-5-10(15)9-7-13(9)8-3-1-2-4-11(8)16-12(13)17/h1-6,9,14H,7,15H2,(H,16,17). The van der Waals surface area contributed by atoms with E-state index in [4.69, 9.17) is 11.1 Å². The van der Waals surface area contributed by atoms with Crippen molar-refractivity contribution in [2.75, 3.05) is 5.32 Å². The second-order valence-electron chi connectivity index (χ2n) is 4.56. The topological polar surface area (TPSA) is 79.0 Å². The highest BCUT2D eigenvalue weighted by molar-refractivity contribution is 6.09. The molecule has 0 saturated heterocycles. The molecule has 1 aromatic carbocycles. The van der Waals surface area contributed by atoms with Gasteiger partial charge in [0.25, 0.3) is 0 Å². The van der Waals surface area contributed by atoms with E-state index in [2.05, 4.69) is 5.32 Å². The van der Waals surface area contributed by atoms with Gasteiger partial charge in [-0.25, -0.2) is 0 Å². The van der Waals surface area contributed by atoms with Crippen molar-refractivity contribution in [3.05, 3.63) is 41.6 Å². The molecule has 1 aromatic rings. The number of anilines is 1. The molecule has 17 heavy (non-hydrogen) atoms. The van der Waals surface area contributed by atoms with Crippen LogP contribution in [0.4, 0.5) is 5.69 Å². The van der Waals surface area contributed by atoms with Crippen molar-refractivity contribution >= 4 is 17.8 Å². The first-order valence-electron chi connectivity index (χ1n) is 5.57. The normalized spacial score (nSPS) is 30.0. The first-order valence-corrected chi connectivity index (χ1v) is 5.57. The van der Waals surface area contributed by atoms with E-state index in [0.29, 0.717) is 5.70 Å². The van der Waals surface area contributed by atoms with Crippen molar-refractivity contribution in [3.63, 3.8) is 0 Å². The fourth-order valence-corrected chi connectivity index (χ4v) is 2.76. The Morgan fingerprint density at radius 1 is 1.53 bits per heavy atom. The fraction of sp³-hybridized carbons (Fsp3) is 0.231. The van der Waals surface area contributed by atoms with Gasteiger partial charge in [0.15, 0.2) is 0 Å². The number of nitrogens with one attached hydrogen (secondary N) is 2. The Hall–Kier alpha value is -2.10. The van der Waals surface area contributed by atoms with E-state index in [0.717, 1.165) is 17.7 Å². The molecule has 4 heteroatoms. The van der Waals surface area contributed by atoms with Crippen molar-refractivity contribution in [1.29, 1.82) is 5.41 Å². The highest BCUT2D eigenvalue weighted by Crippen LogP contribution is 2.61. The first-order chi connectivity index (χ1) is 8.20. The Bertz CT molecular complexity index is 549. The third-order valence-electron chi connectivity index (χ3n) is 3.70. The lowest BCUT2D eigenvalue weighted by molar-refractivity contribution is -0.118. The Balaban J connectivity index is 2.04. The van der Waals surface area contributed by atoms with Crippen LogP contribution in [0.15, 0.2) is 36.0 Å². The number of amides is 1. The van der Waals surface area contributed by atoms with Gasteiger partial charge >= 0.3 is 0 Å². The van der Waals surface area contributed by atoms with Crippen LogP contribution in [-0.2, 0) is 10.2 Å². The molecule has 1 heterocycles. The van der Waals surface area contributed by atoms with Gasteiger partial charge in [0.2, 0.25) is 5.91 Å². The maximum atomic E-state index is 12.1. The lowest BCUT2D eigenvalue weighted by atomic mass is 9.94. The molecule has 2 atom stereocenters. The second-order valence-corrected chi connectivity index (χ2v) is 4.56. The molecule has 1 amide bonds. The minimum absolute atomic E-state index is 0.0324. The molecule has 4 nitrogen and oxygen atoms in total. The highest BCUT2D eigenvalue weighted by Gasteiger charge is 2.65. The summed E-state index contributed by atoms with van der Waals surface area (Å²) in [6.45, 7) is 0. The van der Waals surface area contributed by atoms with Crippen LogP contribution in [0, 0.1) is 11.3 Å². The molecule has 3 rings (SSSR count). The summed E-state index contributed by atoms with van der Waals surface area (Å²) in [7, 11) is 0. The number of hydrogen-bond donors (Lipinski definition) is 3. The van der Waals surface area contributed by atoms with Crippen LogP contribution < -0.4 is 11.1 Å². The smallest absolute Gasteiger partial charge is 0.235 e. The molecule has 1 aliphatic carbocycles. The number of allylic oxidation sites excluding steroid dienone is 2. The van der Waals surface area contributed by atoms with Crippen LogP contribution >= 0.6 is 0 Å². The van der Waals surface area contributed by atoms with E-state index in [1.165, 1.54) is 6.21 Å². The summed E-state index contributed by atoms with van der Waals surface area (Å²) in [5.74, 6) is 0.0674. The minimum atomic E-state index is -0.472. The summed E-state index contributed by atoms with van der Waals surface area (Å²) >= 11 is 0. The Kier molecular flexibility index (Phi) is 1.90. The number of rotatable bonds is 2. The Morgan fingerprint density at radius 3 is 3.06 bits per heavy atom. The summed E-state index contributed by atoms with van der Waals surface area (Å²) in [5, 5.41) is 9.92. The van der Waals surface area contributed by atoms with Crippen molar-refractivity contribution in [3.8, 4) is 0 Å². The fourth-order valence-electron chi connectivity index (χ4n) is 2.76. The van der Waals surface area contributed by atoms with Crippen LogP contribution in [0.1, 0.15) is 12.0 Å². The Labute approximate surface area is 99.0 Å². The van der Waals surface area contributed by atoms with E-state index in [1.807, 2.05) is 24.3 Å². The van der Waals surface area contributed by atoms with Gasteiger partial charge in [-0.15, -0.1) is 0 Å². The molecule has 2 unspecified atom stereocenters. The molecular formula is C13H13N3O. The SMILES string of the molecule is N=CC=C(N)C1CC12C(=O)Nc1ccccc12. The molecule has 1 aliphatic heterocycles. The second kappa shape index (κ2) is 3.20. The summed E-state index contributed by atoms with van der Waals surface area (Å²) in [4.78, 5) is 12.1. The number of para-hydroxylation sites is 1.